The molecule has 5 rings (SSSR count). The molecule has 9 nitrogen and oxygen atoms in total. The predicted molar refractivity (Wildman–Crippen MR) is 114 cm³/mol. The molecule has 9 heteroatoms. The van der Waals surface area contributed by atoms with Gasteiger partial charge in [0.1, 0.15) is 17.7 Å². The number of benzene rings is 1. The lowest BCUT2D eigenvalue weighted by atomic mass is 10.0. The third-order valence-electron chi connectivity index (χ3n) is 5.59. The van der Waals surface area contributed by atoms with Gasteiger partial charge in [-0.1, -0.05) is 18.2 Å². The second kappa shape index (κ2) is 8.81. The molecule has 0 bridgehead atoms. The number of urea groups is 1. The van der Waals surface area contributed by atoms with Crippen molar-refractivity contribution in [3.8, 4) is 11.6 Å². The lowest BCUT2D eigenvalue weighted by molar-refractivity contribution is 0.0243. The zero-order valence-corrected chi connectivity index (χ0v) is 17.1. The van der Waals surface area contributed by atoms with Crippen LogP contribution in [0, 0.1) is 0 Å². The summed E-state index contributed by atoms with van der Waals surface area (Å²) in [4.78, 5) is 17.0. The lowest BCUT2D eigenvalue weighted by Crippen LogP contribution is -2.32. The average molecular weight is 423 g/mol. The number of hydrogen-bond acceptors (Lipinski definition) is 6. The summed E-state index contributed by atoms with van der Waals surface area (Å²) in [7, 11) is 0. The summed E-state index contributed by atoms with van der Waals surface area (Å²) in [6.07, 6.45) is 5.12. The van der Waals surface area contributed by atoms with Crippen molar-refractivity contribution in [3.63, 3.8) is 0 Å². The summed E-state index contributed by atoms with van der Waals surface area (Å²) in [5.41, 5.74) is 1.74. The third-order valence-corrected chi connectivity index (χ3v) is 5.59. The van der Waals surface area contributed by atoms with Crippen LogP contribution < -0.4 is 20.1 Å². The van der Waals surface area contributed by atoms with Gasteiger partial charge in [-0.2, -0.15) is 0 Å². The van der Waals surface area contributed by atoms with E-state index in [-0.39, 0.29) is 18.2 Å². The molecule has 3 aromatic rings. The Kier molecular flexibility index (Phi) is 5.57. The van der Waals surface area contributed by atoms with E-state index >= 15 is 0 Å². The van der Waals surface area contributed by atoms with Crippen LogP contribution in [0.4, 0.5) is 10.6 Å². The molecule has 1 atom stereocenters. The van der Waals surface area contributed by atoms with E-state index in [1.807, 2.05) is 24.3 Å². The maximum absolute atomic E-state index is 12.6. The summed E-state index contributed by atoms with van der Waals surface area (Å²) in [6, 6.07) is 9.13. The largest absolute Gasteiger partial charge is 0.493 e. The first-order valence-electron chi connectivity index (χ1n) is 10.6. The minimum atomic E-state index is -0.313. The van der Waals surface area contributed by atoms with Crippen LogP contribution in [0.3, 0.4) is 0 Å². The topological polar surface area (TPSA) is 110 Å². The second-order valence-electron chi connectivity index (χ2n) is 7.75. The number of carbonyl (C=O) groups is 1. The molecular weight excluding hydrogens is 398 g/mol. The fourth-order valence-corrected chi connectivity index (χ4v) is 3.98. The Labute approximate surface area is 179 Å². The van der Waals surface area contributed by atoms with Crippen molar-refractivity contribution >= 4 is 22.8 Å². The van der Waals surface area contributed by atoms with Gasteiger partial charge in [-0.25, -0.2) is 9.78 Å². The third kappa shape index (κ3) is 4.41. The highest BCUT2D eigenvalue weighted by atomic mass is 16.5. The lowest BCUT2D eigenvalue weighted by Gasteiger charge is -2.22. The van der Waals surface area contributed by atoms with Crippen LogP contribution in [0.15, 0.2) is 36.5 Å². The molecule has 0 spiro atoms. The van der Waals surface area contributed by atoms with E-state index in [0.29, 0.717) is 31.5 Å². The van der Waals surface area contributed by atoms with E-state index in [4.69, 9.17) is 14.2 Å². The van der Waals surface area contributed by atoms with Gasteiger partial charge in [0.05, 0.1) is 36.8 Å². The number of aromatic nitrogens is 3. The van der Waals surface area contributed by atoms with Gasteiger partial charge in [0.2, 0.25) is 5.88 Å². The summed E-state index contributed by atoms with van der Waals surface area (Å²) in [5.74, 6) is 1.78. The first-order valence-corrected chi connectivity index (χ1v) is 10.6. The number of fused-ring (bicyclic) bond motifs is 2. The van der Waals surface area contributed by atoms with E-state index in [9.17, 15) is 4.79 Å². The second-order valence-corrected chi connectivity index (χ2v) is 7.75. The molecule has 0 radical (unpaired) electrons. The quantitative estimate of drug-likeness (QED) is 0.592. The number of pyridine rings is 1. The zero-order valence-electron chi connectivity index (χ0n) is 17.1. The predicted octanol–water partition coefficient (Wildman–Crippen LogP) is 3.55. The molecule has 2 aromatic heterocycles. The van der Waals surface area contributed by atoms with E-state index in [2.05, 4.69) is 25.8 Å². The van der Waals surface area contributed by atoms with Crippen LogP contribution in [0.1, 0.15) is 37.3 Å². The maximum Gasteiger partial charge on any atom is 0.320 e. The van der Waals surface area contributed by atoms with Gasteiger partial charge >= 0.3 is 6.03 Å². The van der Waals surface area contributed by atoms with Gasteiger partial charge in [-0.05, 0) is 18.9 Å². The highest BCUT2D eigenvalue weighted by Crippen LogP contribution is 2.31. The number of rotatable bonds is 4. The molecule has 1 unspecified atom stereocenters. The van der Waals surface area contributed by atoms with Gasteiger partial charge in [0.15, 0.2) is 0 Å². The molecule has 2 aliphatic heterocycles. The minimum Gasteiger partial charge on any atom is -0.493 e. The summed E-state index contributed by atoms with van der Waals surface area (Å²) in [6.45, 7) is 2.05. The van der Waals surface area contributed by atoms with E-state index in [1.165, 1.54) is 0 Å². The van der Waals surface area contributed by atoms with Crippen molar-refractivity contribution in [2.45, 2.75) is 37.8 Å². The van der Waals surface area contributed by atoms with Crippen molar-refractivity contribution in [1.82, 2.24) is 20.5 Å². The molecule has 0 aliphatic carbocycles. The average Bonchev–Trinajstić information content (AvgIpc) is 3.07. The Morgan fingerprint density at radius 1 is 1.16 bits per heavy atom. The summed E-state index contributed by atoms with van der Waals surface area (Å²) < 4.78 is 17.1. The zero-order chi connectivity index (χ0) is 21.0. The van der Waals surface area contributed by atoms with Gasteiger partial charge in [0.25, 0.3) is 0 Å². The Hall–Kier alpha value is -3.33. The Morgan fingerprint density at radius 2 is 2.03 bits per heavy atom. The molecule has 3 N–H and O–H groups in total. The SMILES string of the molecule is O=C(Nc1cc2[nH]nc(OC3CCOCC3)c2cn1)NC1CCCOc2ccccc21. The number of nitrogens with zero attached hydrogens (tertiary/aromatic N) is 2. The number of carbonyl (C=O) groups excluding carboxylic acids is 1. The van der Waals surface area contributed by atoms with Crippen molar-refractivity contribution in [2.75, 3.05) is 25.1 Å². The first kappa shape index (κ1) is 19.6. The van der Waals surface area contributed by atoms with Crippen LogP contribution in [-0.2, 0) is 4.74 Å². The van der Waals surface area contributed by atoms with Crippen LogP contribution in [-0.4, -0.2) is 47.1 Å². The normalized spacial score (nSPS) is 19.2. The summed E-state index contributed by atoms with van der Waals surface area (Å²) >= 11 is 0. The molecule has 1 aromatic carbocycles. The standard InChI is InChI=1S/C22H25N5O4/c28-22(24-17-5-3-9-30-19-6-2-1-4-15(17)19)25-20-12-18-16(13-23-20)21(27-26-18)31-14-7-10-29-11-8-14/h1-2,4,6,12-14,17H,3,5,7-11H2,(H,26,27)(H2,23,24,25,28). The van der Waals surface area contributed by atoms with Crippen LogP contribution in [0.5, 0.6) is 11.6 Å². The molecule has 1 saturated heterocycles. The van der Waals surface area contributed by atoms with E-state index in [0.717, 1.165) is 47.9 Å². The Morgan fingerprint density at radius 3 is 2.94 bits per heavy atom. The number of nitrogens with one attached hydrogen (secondary N) is 3. The van der Waals surface area contributed by atoms with Crippen molar-refractivity contribution in [1.29, 1.82) is 0 Å². The van der Waals surface area contributed by atoms with Gasteiger partial charge in [0, 0.05) is 30.7 Å². The fraction of sp³-hybridized carbons (Fsp3) is 0.409. The van der Waals surface area contributed by atoms with Crippen molar-refractivity contribution < 1.29 is 19.0 Å². The molecule has 2 amide bonds. The van der Waals surface area contributed by atoms with Crippen molar-refractivity contribution in [2.24, 2.45) is 0 Å². The number of aromatic amines is 1. The highest BCUT2D eigenvalue weighted by Gasteiger charge is 2.22. The number of hydrogen-bond donors (Lipinski definition) is 3. The van der Waals surface area contributed by atoms with Gasteiger partial charge in [-0.15, -0.1) is 5.10 Å². The fourth-order valence-electron chi connectivity index (χ4n) is 3.98. The Balaban J connectivity index is 1.26. The Bertz CT molecular complexity index is 1060. The molecule has 2 aliphatic rings. The number of H-pyrrole nitrogens is 1. The smallest absolute Gasteiger partial charge is 0.320 e. The van der Waals surface area contributed by atoms with Crippen LogP contribution >= 0.6 is 0 Å². The van der Waals surface area contributed by atoms with Crippen LogP contribution in [0.2, 0.25) is 0 Å². The number of anilines is 1. The highest BCUT2D eigenvalue weighted by molar-refractivity contribution is 5.92. The van der Waals surface area contributed by atoms with E-state index < -0.39 is 0 Å². The number of ether oxygens (including phenoxy) is 3. The molecule has 4 heterocycles. The monoisotopic (exact) mass is 423 g/mol. The van der Waals surface area contributed by atoms with Crippen LogP contribution in [0.25, 0.3) is 10.9 Å². The molecule has 1 fully saturated rings. The maximum atomic E-state index is 12.6. The minimum absolute atomic E-state index is 0.0928. The number of para-hydroxylation sites is 1. The molecule has 162 valence electrons. The summed E-state index contributed by atoms with van der Waals surface area (Å²) in [5, 5.41) is 13.9. The van der Waals surface area contributed by atoms with Gasteiger partial charge < -0.3 is 19.5 Å². The molecule has 0 saturated carbocycles. The van der Waals surface area contributed by atoms with E-state index in [1.54, 1.807) is 12.3 Å². The molecule has 31 heavy (non-hydrogen) atoms. The number of amides is 2. The van der Waals surface area contributed by atoms with Crippen molar-refractivity contribution in [3.05, 3.63) is 42.1 Å². The van der Waals surface area contributed by atoms with Gasteiger partial charge in [-0.3, -0.25) is 10.4 Å². The molecular formula is C22H25N5O4. The first-order chi connectivity index (χ1) is 15.3.